The number of sulfonamides is 1. The van der Waals surface area contributed by atoms with Crippen LogP contribution in [0, 0.1) is 17.0 Å². The smallest absolute Gasteiger partial charge is 0.271 e. The number of anilines is 2. The number of non-ortho nitro benzene ring substituents is 1. The van der Waals surface area contributed by atoms with Gasteiger partial charge in [0.1, 0.15) is 18.0 Å². The van der Waals surface area contributed by atoms with Gasteiger partial charge in [0.15, 0.2) is 0 Å². The Morgan fingerprint density at radius 2 is 1.93 bits per heavy atom. The van der Waals surface area contributed by atoms with Crippen molar-refractivity contribution in [2.75, 3.05) is 29.5 Å². The number of nitro groups is 1. The maximum absolute atomic E-state index is 12.4. The number of para-hydroxylation sites is 1. The number of benzene rings is 2. The molecule has 0 heterocycles. The predicted octanol–water partition coefficient (Wildman–Crippen LogP) is 2.32. The van der Waals surface area contributed by atoms with E-state index >= 15 is 0 Å². The normalized spacial score (nSPS) is 10.9. The third kappa shape index (κ3) is 4.94. The topological polar surface area (TPSA) is 119 Å². The van der Waals surface area contributed by atoms with Crippen molar-refractivity contribution in [2.45, 2.75) is 6.92 Å². The SMILES string of the molecule is COc1ccc([N+](=O)[O-])cc1N(CC(=O)Nc1ccccc1C)S(C)(=O)=O. The lowest BCUT2D eigenvalue weighted by molar-refractivity contribution is -0.384. The van der Waals surface area contributed by atoms with Gasteiger partial charge in [-0.2, -0.15) is 0 Å². The summed E-state index contributed by atoms with van der Waals surface area (Å²) in [6, 6.07) is 10.6. The fourth-order valence-electron chi connectivity index (χ4n) is 2.40. The van der Waals surface area contributed by atoms with Gasteiger partial charge in [-0.15, -0.1) is 0 Å². The molecule has 1 amide bonds. The van der Waals surface area contributed by atoms with Crippen LogP contribution in [0.5, 0.6) is 5.75 Å². The Labute approximate surface area is 156 Å². The van der Waals surface area contributed by atoms with E-state index in [4.69, 9.17) is 4.74 Å². The molecule has 1 N–H and O–H groups in total. The number of nitrogens with one attached hydrogen (secondary N) is 1. The largest absolute Gasteiger partial charge is 0.495 e. The highest BCUT2D eigenvalue weighted by molar-refractivity contribution is 7.92. The molecule has 0 spiro atoms. The standard InChI is InChI=1S/C17H19N3O6S/c1-12-6-4-5-7-14(12)18-17(21)11-19(27(3,24)25)15-10-13(20(22)23)8-9-16(15)26-2/h4-10H,11H2,1-3H3,(H,18,21). The van der Waals surface area contributed by atoms with Gasteiger partial charge < -0.3 is 10.1 Å². The summed E-state index contributed by atoms with van der Waals surface area (Å²) in [6.45, 7) is 1.23. The number of nitrogens with zero attached hydrogens (tertiary/aromatic N) is 2. The van der Waals surface area contributed by atoms with Crippen molar-refractivity contribution in [2.24, 2.45) is 0 Å². The number of amides is 1. The zero-order valence-corrected chi connectivity index (χ0v) is 15.8. The van der Waals surface area contributed by atoms with Crippen LogP contribution in [-0.2, 0) is 14.8 Å². The van der Waals surface area contributed by atoms with Crippen LogP contribution >= 0.6 is 0 Å². The Balaban J connectivity index is 2.39. The van der Waals surface area contributed by atoms with Crippen LogP contribution in [0.1, 0.15) is 5.56 Å². The van der Waals surface area contributed by atoms with Crippen molar-refractivity contribution in [1.29, 1.82) is 0 Å². The van der Waals surface area contributed by atoms with Crippen LogP contribution in [0.4, 0.5) is 17.1 Å². The van der Waals surface area contributed by atoms with E-state index < -0.39 is 27.4 Å². The highest BCUT2D eigenvalue weighted by Crippen LogP contribution is 2.33. The zero-order chi connectivity index (χ0) is 20.2. The van der Waals surface area contributed by atoms with Gasteiger partial charge in [-0.3, -0.25) is 19.2 Å². The molecule has 144 valence electrons. The molecule has 2 rings (SSSR count). The van der Waals surface area contributed by atoms with E-state index in [1.165, 1.54) is 19.2 Å². The number of carbonyl (C=O) groups is 1. The average Bonchev–Trinajstić information content (AvgIpc) is 2.60. The van der Waals surface area contributed by atoms with E-state index in [-0.39, 0.29) is 17.1 Å². The second-order valence-corrected chi connectivity index (χ2v) is 7.65. The van der Waals surface area contributed by atoms with E-state index in [9.17, 15) is 23.3 Å². The Bertz CT molecular complexity index is 974. The second-order valence-electron chi connectivity index (χ2n) is 5.75. The third-order valence-electron chi connectivity index (χ3n) is 3.75. The van der Waals surface area contributed by atoms with Crippen molar-refractivity contribution >= 4 is 33.0 Å². The molecule has 0 unspecified atom stereocenters. The molecule has 0 aliphatic carbocycles. The van der Waals surface area contributed by atoms with Crippen molar-refractivity contribution in [3.05, 3.63) is 58.1 Å². The van der Waals surface area contributed by atoms with Crippen molar-refractivity contribution in [3.8, 4) is 5.75 Å². The highest BCUT2D eigenvalue weighted by atomic mass is 32.2. The van der Waals surface area contributed by atoms with Gasteiger partial charge in [0.25, 0.3) is 5.69 Å². The first-order valence-electron chi connectivity index (χ1n) is 7.79. The Morgan fingerprint density at radius 3 is 2.48 bits per heavy atom. The van der Waals surface area contributed by atoms with Gasteiger partial charge in [0.2, 0.25) is 15.9 Å². The predicted molar refractivity (Wildman–Crippen MR) is 102 cm³/mol. The second kappa shape index (κ2) is 8.04. The lowest BCUT2D eigenvalue weighted by Gasteiger charge is -2.23. The number of aryl methyl sites for hydroxylation is 1. The minimum atomic E-state index is -3.92. The molecule has 2 aromatic carbocycles. The molecule has 0 bridgehead atoms. The minimum absolute atomic E-state index is 0.0888. The Hall–Kier alpha value is -3.14. The van der Waals surface area contributed by atoms with E-state index in [2.05, 4.69) is 5.32 Å². The number of rotatable bonds is 7. The monoisotopic (exact) mass is 393 g/mol. The molecule has 0 aliphatic rings. The first kappa shape index (κ1) is 20.2. The lowest BCUT2D eigenvalue weighted by atomic mass is 10.2. The van der Waals surface area contributed by atoms with Crippen LogP contribution in [0.2, 0.25) is 0 Å². The van der Waals surface area contributed by atoms with Crippen LogP contribution < -0.4 is 14.4 Å². The first-order valence-corrected chi connectivity index (χ1v) is 9.64. The first-order chi connectivity index (χ1) is 12.6. The molecule has 0 atom stereocenters. The van der Waals surface area contributed by atoms with Crippen LogP contribution in [-0.4, -0.2) is 39.2 Å². The molecular formula is C17H19N3O6S. The number of methoxy groups -OCH3 is 1. The number of ether oxygens (including phenoxy) is 1. The summed E-state index contributed by atoms with van der Waals surface area (Å²) in [6.07, 6.45) is 0.909. The number of hydrogen-bond donors (Lipinski definition) is 1. The van der Waals surface area contributed by atoms with Gasteiger partial charge in [-0.25, -0.2) is 8.42 Å². The van der Waals surface area contributed by atoms with Gasteiger partial charge >= 0.3 is 0 Å². The maximum Gasteiger partial charge on any atom is 0.271 e. The molecule has 0 aliphatic heterocycles. The van der Waals surface area contributed by atoms with Crippen molar-refractivity contribution in [1.82, 2.24) is 0 Å². The Morgan fingerprint density at radius 1 is 1.26 bits per heavy atom. The molecule has 0 radical (unpaired) electrons. The van der Waals surface area contributed by atoms with Crippen LogP contribution in [0.25, 0.3) is 0 Å². The average molecular weight is 393 g/mol. The van der Waals surface area contributed by atoms with Gasteiger partial charge in [-0.05, 0) is 24.6 Å². The highest BCUT2D eigenvalue weighted by Gasteiger charge is 2.26. The van der Waals surface area contributed by atoms with Gasteiger partial charge in [0, 0.05) is 17.8 Å². The summed E-state index contributed by atoms with van der Waals surface area (Å²) in [5.74, 6) is -0.502. The molecule has 9 nitrogen and oxygen atoms in total. The fraction of sp³-hybridized carbons (Fsp3) is 0.235. The Kier molecular flexibility index (Phi) is 6.01. The van der Waals surface area contributed by atoms with Gasteiger partial charge in [-0.1, -0.05) is 18.2 Å². The maximum atomic E-state index is 12.4. The fourth-order valence-corrected chi connectivity index (χ4v) is 3.25. The number of hydrogen-bond acceptors (Lipinski definition) is 6. The van der Waals surface area contributed by atoms with Crippen molar-refractivity contribution < 1.29 is 22.9 Å². The summed E-state index contributed by atoms with van der Waals surface area (Å²) in [5, 5.41) is 13.7. The summed E-state index contributed by atoms with van der Waals surface area (Å²) in [5.41, 5.74) is 0.944. The van der Waals surface area contributed by atoms with E-state index in [0.717, 1.165) is 22.2 Å². The van der Waals surface area contributed by atoms with E-state index in [1.807, 2.05) is 6.07 Å². The van der Waals surface area contributed by atoms with Gasteiger partial charge in [0.05, 0.1) is 18.3 Å². The summed E-state index contributed by atoms with van der Waals surface area (Å²) in [4.78, 5) is 22.8. The van der Waals surface area contributed by atoms with Crippen molar-refractivity contribution in [3.63, 3.8) is 0 Å². The number of nitro benzene ring substituents is 1. The molecule has 2 aromatic rings. The van der Waals surface area contributed by atoms with Crippen LogP contribution in [0.3, 0.4) is 0 Å². The van der Waals surface area contributed by atoms with E-state index in [0.29, 0.717) is 5.69 Å². The molecule has 27 heavy (non-hydrogen) atoms. The molecule has 0 saturated heterocycles. The summed E-state index contributed by atoms with van der Waals surface area (Å²) >= 11 is 0. The number of carbonyl (C=O) groups excluding carboxylic acids is 1. The lowest BCUT2D eigenvalue weighted by Crippen LogP contribution is -2.37. The third-order valence-corrected chi connectivity index (χ3v) is 4.88. The summed E-state index contributed by atoms with van der Waals surface area (Å²) < 4.78 is 30.4. The summed E-state index contributed by atoms with van der Waals surface area (Å²) in [7, 11) is -2.62. The minimum Gasteiger partial charge on any atom is -0.495 e. The molecule has 0 saturated carbocycles. The van der Waals surface area contributed by atoms with E-state index in [1.54, 1.807) is 25.1 Å². The zero-order valence-electron chi connectivity index (χ0n) is 15.0. The quantitative estimate of drug-likeness (QED) is 0.569. The molecule has 10 heteroatoms. The molecular weight excluding hydrogens is 374 g/mol. The molecule has 0 aromatic heterocycles. The van der Waals surface area contributed by atoms with Crippen LogP contribution in [0.15, 0.2) is 42.5 Å². The molecule has 0 fully saturated rings.